The van der Waals surface area contributed by atoms with E-state index in [1.54, 1.807) is 4.90 Å². The molecule has 0 aromatic heterocycles. The van der Waals surface area contributed by atoms with Crippen LogP contribution >= 0.6 is 24.4 Å². The number of nitrogens with zero attached hydrogens (tertiary/aromatic N) is 2. The third kappa shape index (κ3) is 2.71. The van der Waals surface area contributed by atoms with Gasteiger partial charge in [0.05, 0.1) is 0 Å². The predicted molar refractivity (Wildman–Crippen MR) is 75.8 cm³/mol. The van der Waals surface area contributed by atoms with Crippen LogP contribution < -0.4 is 5.32 Å². The van der Waals surface area contributed by atoms with Gasteiger partial charge >= 0.3 is 0 Å². The Morgan fingerprint density at radius 2 is 2.00 bits per heavy atom. The number of rotatable bonds is 2. The van der Waals surface area contributed by atoms with Crippen molar-refractivity contribution in [2.24, 2.45) is 0 Å². The van der Waals surface area contributed by atoms with E-state index in [1.165, 1.54) is 0 Å². The second kappa shape index (κ2) is 5.39. The maximum absolute atomic E-state index is 9.07. The Morgan fingerprint density at radius 1 is 1.29 bits per heavy atom. The molecule has 0 amide bonds. The molecule has 0 saturated carbocycles. The molecule has 0 unspecified atom stereocenters. The van der Waals surface area contributed by atoms with Crippen LogP contribution in [-0.2, 0) is 0 Å². The molecule has 4 nitrogen and oxygen atoms in total. The molecule has 0 aliphatic carbocycles. The van der Waals surface area contributed by atoms with Crippen LogP contribution in [0.15, 0.2) is 30.3 Å². The lowest BCUT2D eigenvalue weighted by atomic mass is 10.3. The second-order valence-electron chi connectivity index (χ2n) is 3.64. The van der Waals surface area contributed by atoms with Crippen molar-refractivity contribution in [1.82, 2.24) is 9.80 Å². The van der Waals surface area contributed by atoms with E-state index < -0.39 is 0 Å². The SMILES string of the molecule is OCN1CCN(C(=S)Nc2ccccc2)C1=S. The first-order valence-corrected chi connectivity index (χ1v) is 6.07. The maximum Gasteiger partial charge on any atom is 0.179 e. The molecule has 1 aliphatic rings. The van der Waals surface area contributed by atoms with E-state index >= 15 is 0 Å². The van der Waals surface area contributed by atoms with Crippen LogP contribution in [0, 0.1) is 0 Å². The molecule has 6 heteroatoms. The highest BCUT2D eigenvalue weighted by molar-refractivity contribution is 7.81. The summed E-state index contributed by atoms with van der Waals surface area (Å²) in [5.74, 6) is 0. The number of benzene rings is 1. The zero-order valence-electron chi connectivity index (χ0n) is 9.17. The number of aliphatic hydroxyl groups excluding tert-OH is 1. The smallest absolute Gasteiger partial charge is 0.179 e. The van der Waals surface area contributed by atoms with Gasteiger partial charge in [0.25, 0.3) is 0 Å². The quantitative estimate of drug-likeness (QED) is 0.786. The fraction of sp³-hybridized carbons (Fsp3) is 0.273. The molecule has 2 N–H and O–H groups in total. The number of hydrogen-bond acceptors (Lipinski definition) is 3. The molecule has 1 heterocycles. The molecule has 1 saturated heterocycles. The highest BCUT2D eigenvalue weighted by Gasteiger charge is 2.26. The van der Waals surface area contributed by atoms with Gasteiger partial charge in [-0.1, -0.05) is 18.2 Å². The van der Waals surface area contributed by atoms with E-state index in [0.29, 0.717) is 23.3 Å². The van der Waals surface area contributed by atoms with Gasteiger partial charge in [-0.2, -0.15) is 0 Å². The van der Waals surface area contributed by atoms with Crippen LogP contribution in [-0.4, -0.2) is 45.0 Å². The molecule has 1 aromatic carbocycles. The van der Waals surface area contributed by atoms with Crippen molar-refractivity contribution in [2.45, 2.75) is 0 Å². The van der Waals surface area contributed by atoms with Crippen LogP contribution in [0.4, 0.5) is 5.69 Å². The van der Waals surface area contributed by atoms with Gasteiger partial charge in [-0.15, -0.1) is 0 Å². The van der Waals surface area contributed by atoms with Crippen molar-refractivity contribution in [3.8, 4) is 0 Å². The van der Waals surface area contributed by atoms with E-state index in [2.05, 4.69) is 5.32 Å². The molecule has 1 aromatic rings. The molecule has 1 aliphatic heterocycles. The van der Waals surface area contributed by atoms with Crippen molar-refractivity contribution < 1.29 is 5.11 Å². The van der Waals surface area contributed by atoms with Gasteiger partial charge in [-0.25, -0.2) is 0 Å². The summed E-state index contributed by atoms with van der Waals surface area (Å²) in [4.78, 5) is 3.52. The number of para-hydroxylation sites is 1. The summed E-state index contributed by atoms with van der Waals surface area (Å²) in [5.41, 5.74) is 0.933. The minimum absolute atomic E-state index is 0.0662. The van der Waals surface area contributed by atoms with Gasteiger partial charge in [0.1, 0.15) is 6.73 Å². The average molecular weight is 267 g/mol. The second-order valence-corrected chi connectivity index (χ2v) is 4.39. The Kier molecular flexibility index (Phi) is 3.88. The zero-order valence-corrected chi connectivity index (χ0v) is 10.8. The molecule has 17 heavy (non-hydrogen) atoms. The largest absolute Gasteiger partial charge is 0.376 e. The molecule has 90 valence electrons. The lowest BCUT2D eigenvalue weighted by Crippen LogP contribution is -2.38. The zero-order chi connectivity index (χ0) is 12.3. The number of hydrogen-bond donors (Lipinski definition) is 2. The lowest BCUT2D eigenvalue weighted by molar-refractivity contribution is 0.183. The summed E-state index contributed by atoms with van der Waals surface area (Å²) in [7, 11) is 0. The average Bonchev–Trinajstić information content (AvgIpc) is 2.71. The Morgan fingerprint density at radius 3 is 2.59 bits per heavy atom. The van der Waals surface area contributed by atoms with Crippen molar-refractivity contribution in [2.75, 3.05) is 25.1 Å². The summed E-state index contributed by atoms with van der Waals surface area (Å²) < 4.78 is 0. The Balaban J connectivity index is 2.00. The van der Waals surface area contributed by atoms with Crippen molar-refractivity contribution in [3.05, 3.63) is 30.3 Å². The standard InChI is InChI=1S/C11H13N3OS2/c15-8-13-6-7-14(11(13)17)10(16)12-9-4-2-1-3-5-9/h1-5,15H,6-8H2,(H,12,16). The van der Waals surface area contributed by atoms with E-state index in [1.807, 2.05) is 35.2 Å². The normalized spacial score (nSPS) is 15.2. The fourth-order valence-electron chi connectivity index (χ4n) is 1.61. The van der Waals surface area contributed by atoms with E-state index in [0.717, 1.165) is 5.69 Å². The van der Waals surface area contributed by atoms with Crippen LogP contribution in [0.25, 0.3) is 0 Å². The van der Waals surface area contributed by atoms with E-state index in [9.17, 15) is 0 Å². The summed E-state index contributed by atoms with van der Waals surface area (Å²) in [5, 5.41) is 13.3. The minimum atomic E-state index is -0.0662. The molecule has 1 fully saturated rings. The van der Waals surface area contributed by atoms with Crippen LogP contribution in [0.1, 0.15) is 0 Å². The topological polar surface area (TPSA) is 38.7 Å². The first kappa shape index (κ1) is 12.2. The number of nitrogens with one attached hydrogen (secondary N) is 1. The minimum Gasteiger partial charge on any atom is -0.376 e. The monoisotopic (exact) mass is 267 g/mol. The molecule has 0 radical (unpaired) electrons. The summed E-state index contributed by atoms with van der Waals surface area (Å²) in [6.45, 7) is 1.34. The lowest BCUT2D eigenvalue weighted by Gasteiger charge is -2.21. The maximum atomic E-state index is 9.07. The molecular weight excluding hydrogens is 254 g/mol. The van der Waals surface area contributed by atoms with Crippen molar-refractivity contribution in [1.29, 1.82) is 0 Å². The molecular formula is C11H13N3OS2. The van der Waals surface area contributed by atoms with Crippen molar-refractivity contribution in [3.63, 3.8) is 0 Å². The van der Waals surface area contributed by atoms with E-state index in [-0.39, 0.29) is 6.73 Å². The summed E-state index contributed by atoms with van der Waals surface area (Å²) in [6, 6.07) is 9.70. The molecule has 0 atom stereocenters. The third-order valence-corrected chi connectivity index (χ3v) is 3.34. The highest BCUT2D eigenvalue weighted by Crippen LogP contribution is 2.12. The van der Waals surface area contributed by atoms with Gasteiger partial charge in [0, 0.05) is 18.8 Å². The first-order valence-electron chi connectivity index (χ1n) is 5.25. The van der Waals surface area contributed by atoms with E-state index in [4.69, 9.17) is 29.5 Å². The van der Waals surface area contributed by atoms with Gasteiger partial charge in [-0.05, 0) is 36.6 Å². The molecule has 2 rings (SSSR count). The highest BCUT2D eigenvalue weighted by atomic mass is 32.1. The fourth-order valence-corrected chi connectivity index (χ4v) is 2.30. The number of anilines is 1. The van der Waals surface area contributed by atoms with Gasteiger partial charge in [0.15, 0.2) is 10.2 Å². The predicted octanol–water partition coefficient (Wildman–Crippen LogP) is 1.24. The molecule has 0 spiro atoms. The van der Waals surface area contributed by atoms with Gasteiger partial charge in [-0.3, -0.25) is 4.90 Å². The van der Waals surface area contributed by atoms with Gasteiger partial charge in [0.2, 0.25) is 0 Å². The number of thiocarbonyl (C=S) groups is 2. The van der Waals surface area contributed by atoms with Crippen molar-refractivity contribution >= 4 is 40.3 Å². The van der Waals surface area contributed by atoms with Crippen LogP contribution in [0.3, 0.4) is 0 Å². The first-order chi connectivity index (χ1) is 8.22. The van der Waals surface area contributed by atoms with Gasteiger partial charge < -0.3 is 15.3 Å². The molecule has 0 bridgehead atoms. The summed E-state index contributed by atoms with van der Waals surface area (Å²) in [6.07, 6.45) is 0. The third-order valence-electron chi connectivity index (χ3n) is 2.54. The Hall–Kier alpha value is -1.24. The number of aliphatic hydroxyl groups is 1. The summed E-state index contributed by atoms with van der Waals surface area (Å²) >= 11 is 10.5. The van der Waals surface area contributed by atoms with Crippen LogP contribution in [0.2, 0.25) is 0 Å². The Labute approximate surface area is 111 Å². The Bertz CT molecular complexity index is 424. The van der Waals surface area contributed by atoms with Crippen LogP contribution in [0.5, 0.6) is 0 Å².